The van der Waals surface area contributed by atoms with Crippen molar-refractivity contribution >= 4 is 17.8 Å². The molecule has 5 N–H and O–H groups in total. The Hall–Kier alpha value is -1.67. The highest BCUT2D eigenvalue weighted by molar-refractivity contribution is 5.92. The molecule has 8 heteroatoms. The lowest BCUT2D eigenvalue weighted by molar-refractivity contribution is -0.143. The van der Waals surface area contributed by atoms with E-state index in [1.807, 2.05) is 13.8 Å². The first-order valence-corrected chi connectivity index (χ1v) is 7.97. The zero-order valence-corrected chi connectivity index (χ0v) is 13.8. The Kier molecular flexibility index (Phi) is 7.44. The fourth-order valence-corrected chi connectivity index (χ4v) is 2.52. The Morgan fingerprint density at radius 3 is 2.30 bits per heavy atom. The Morgan fingerprint density at radius 2 is 1.87 bits per heavy atom. The van der Waals surface area contributed by atoms with Crippen LogP contribution in [-0.2, 0) is 14.4 Å². The Balaban J connectivity index is 2.69. The molecule has 132 valence electrons. The summed E-state index contributed by atoms with van der Waals surface area (Å²) in [4.78, 5) is 35.6. The maximum atomic E-state index is 12.3. The van der Waals surface area contributed by atoms with Crippen molar-refractivity contribution in [3.8, 4) is 0 Å². The number of aliphatic hydroxyl groups is 1. The average molecular weight is 329 g/mol. The summed E-state index contributed by atoms with van der Waals surface area (Å²) in [5.41, 5.74) is 0. The third-order valence-electron chi connectivity index (χ3n) is 3.76. The minimum Gasteiger partial charge on any atom is -0.480 e. The quantitative estimate of drug-likeness (QED) is 0.397. The highest BCUT2D eigenvalue weighted by atomic mass is 16.4. The maximum absolute atomic E-state index is 12.3. The number of hydrogen-bond acceptors (Lipinski definition) is 5. The minimum atomic E-state index is -1.18. The number of rotatable bonds is 8. The molecule has 1 aliphatic heterocycles. The molecule has 8 nitrogen and oxygen atoms in total. The molecule has 0 saturated carbocycles. The highest BCUT2D eigenvalue weighted by Crippen LogP contribution is 2.08. The molecule has 0 bridgehead atoms. The molecule has 2 amide bonds. The second-order valence-electron chi connectivity index (χ2n) is 6.40. The number of aliphatic hydroxyl groups excluding tert-OH is 1. The monoisotopic (exact) mass is 329 g/mol. The molecular weight excluding hydrogens is 302 g/mol. The highest BCUT2D eigenvalue weighted by Gasteiger charge is 2.32. The van der Waals surface area contributed by atoms with Crippen LogP contribution in [0.25, 0.3) is 0 Å². The molecular formula is C15H27N3O5. The van der Waals surface area contributed by atoms with Gasteiger partial charge in [0.15, 0.2) is 0 Å². The standard InChI is InChI=1S/C15H27N3O5/c1-8(2)7-11(15(22)23)17-14(21)12(9(3)19)18-13(20)10-5-4-6-16-10/h8-12,16,19H,4-7H2,1-3H3,(H,17,21)(H,18,20)(H,22,23). The molecule has 4 atom stereocenters. The summed E-state index contributed by atoms with van der Waals surface area (Å²) in [6.07, 6.45) is 0.685. The Bertz CT molecular complexity index is 433. The van der Waals surface area contributed by atoms with E-state index >= 15 is 0 Å². The van der Waals surface area contributed by atoms with Crippen LogP contribution in [0, 0.1) is 5.92 Å². The van der Waals surface area contributed by atoms with Crippen molar-refractivity contribution in [2.24, 2.45) is 5.92 Å². The summed E-state index contributed by atoms with van der Waals surface area (Å²) in [5.74, 6) is -2.11. The second-order valence-corrected chi connectivity index (χ2v) is 6.40. The summed E-state index contributed by atoms with van der Waals surface area (Å²) >= 11 is 0. The first-order valence-electron chi connectivity index (χ1n) is 7.97. The average Bonchev–Trinajstić information content (AvgIpc) is 2.96. The topological polar surface area (TPSA) is 128 Å². The lowest BCUT2D eigenvalue weighted by atomic mass is 10.0. The van der Waals surface area contributed by atoms with E-state index in [9.17, 15) is 24.6 Å². The van der Waals surface area contributed by atoms with Crippen LogP contribution in [0.3, 0.4) is 0 Å². The van der Waals surface area contributed by atoms with Gasteiger partial charge in [0, 0.05) is 0 Å². The summed E-state index contributed by atoms with van der Waals surface area (Å²) in [6, 6.07) is -2.61. The summed E-state index contributed by atoms with van der Waals surface area (Å²) < 4.78 is 0. The van der Waals surface area contributed by atoms with Crippen LogP contribution >= 0.6 is 0 Å². The SMILES string of the molecule is CC(C)CC(NC(=O)C(NC(=O)C1CCCN1)C(C)O)C(=O)O. The van der Waals surface area contributed by atoms with Gasteiger partial charge in [0.1, 0.15) is 12.1 Å². The molecule has 1 rings (SSSR count). The van der Waals surface area contributed by atoms with E-state index in [1.165, 1.54) is 6.92 Å². The van der Waals surface area contributed by atoms with Crippen LogP contribution in [0.1, 0.15) is 40.0 Å². The first kappa shape index (κ1) is 19.4. The molecule has 0 aromatic carbocycles. The molecule has 1 aliphatic rings. The summed E-state index contributed by atoms with van der Waals surface area (Å²) in [5, 5.41) is 26.8. The maximum Gasteiger partial charge on any atom is 0.326 e. The van der Waals surface area contributed by atoms with E-state index in [0.717, 1.165) is 13.0 Å². The third-order valence-corrected chi connectivity index (χ3v) is 3.76. The van der Waals surface area contributed by atoms with Crippen LogP contribution in [0.5, 0.6) is 0 Å². The number of hydrogen-bond donors (Lipinski definition) is 5. The molecule has 0 aromatic heterocycles. The number of carboxylic acids is 1. The van der Waals surface area contributed by atoms with E-state index in [2.05, 4.69) is 16.0 Å². The van der Waals surface area contributed by atoms with Crippen molar-refractivity contribution < 1.29 is 24.6 Å². The fraction of sp³-hybridized carbons (Fsp3) is 0.800. The number of nitrogens with one attached hydrogen (secondary N) is 3. The van der Waals surface area contributed by atoms with E-state index in [4.69, 9.17) is 0 Å². The van der Waals surface area contributed by atoms with Crippen LogP contribution in [0.2, 0.25) is 0 Å². The van der Waals surface area contributed by atoms with Gasteiger partial charge in [-0.2, -0.15) is 0 Å². The van der Waals surface area contributed by atoms with E-state index in [0.29, 0.717) is 6.42 Å². The van der Waals surface area contributed by atoms with Crippen LogP contribution < -0.4 is 16.0 Å². The lowest BCUT2D eigenvalue weighted by Gasteiger charge is -2.25. The molecule has 0 aromatic rings. The zero-order chi connectivity index (χ0) is 17.6. The van der Waals surface area contributed by atoms with Gasteiger partial charge in [-0.25, -0.2) is 4.79 Å². The number of carboxylic acid groups (broad SMARTS) is 1. The van der Waals surface area contributed by atoms with Gasteiger partial charge < -0.3 is 26.2 Å². The van der Waals surface area contributed by atoms with E-state index in [-0.39, 0.29) is 24.3 Å². The molecule has 0 spiro atoms. The van der Waals surface area contributed by atoms with E-state index in [1.54, 1.807) is 0 Å². The first-order chi connectivity index (χ1) is 10.7. The van der Waals surface area contributed by atoms with Crippen molar-refractivity contribution in [2.75, 3.05) is 6.54 Å². The van der Waals surface area contributed by atoms with Crippen LogP contribution in [0.4, 0.5) is 0 Å². The number of amides is 2. The smallest absolute Gasteiger partial charge is 0.326 e. The molecule has 0 aliphatic carbocycles. The van der Waals surface area contributed by atoms with Gasteiger partial charge in [0.25, 0.3) is 0 Å². The van der Waals surface area contributed by atoms with Gasteiger partial charge in [-0.15, -0.1) is 0 Å². The molecule has 4 unspecified atom stereocenters. The zero-order valence-electron chi connectivity index (χ0n) is 13.8. The lowest BCUT2D eigenvalue weighted by Crippen LogP contribution is -2.58. The Labute approximate surface area is 136 Å². The van der Waals surface area contributed by atoms with Gasteiger partial charge in [-0.1, -0.05) is 13.8 Å². The number of carbonyl (C=O) groups is 3. The van der Waals surface area contributed by atoms with Crippen LogP contribution in [-0.4, -0.2) is 58.8 Å². The molecule has 1 fully saturated rings. The predicted molar refractivity (Wildman–Crippen MR) is 83.7 cm³/mol. The van der Waals surface area contributed by atoms with Crippen molar-refractivity contribution in [2.45, 2.75) is 64.3 Å². The number of aliphatic carboxylic acids is 1. The van der Waals surface area contributed by atoms with Gasteiger partial charge in [-0.05, 0) is 38.6 Å². The second kappa shape index (κ2) is 8.83. The van der Waals surface area contributed by atoms with Crippen molar-refractivity contribution in [3.63, 3.8) is 0 Å². The fourth-order valence-electron chi connectivity index (χ4n) is 2.52. The van der Waals surface area contributed by atoms with Gasteiger partial charge >= 0.3 is 5.97 Å². The summed E-state index contributed by atoms with van der Waals surface area (Å²) in [6.45, 7) is 5.81. The molecule has 0 radical (unpaired) electrons. The van der Waals surface area contributed by atoms with Gasteiger partial charge in [-0.3, -0.25) is 9.59 Å². The predicted octanol–water partition coefficient (Wildman–Crippen LogP) is -0.780. The summed E-state index contributed by atoms with van der Waals surface area (Å²) in [7, 11) is 0. The normalized spacial score (nSPS) is 21.5. The van der Waals surface area contributed by atoms with Crippen LogP contribution in [0.15, 0.2) is 0 Å². The number of carbonyl (C=O) groups excluding carboxylic acids is 2. The largest absolute Gasteiger partial charge is 0.480 e. The minimum absolute atomic E-state index is 0.0821. The molecule has 1 heterocycles. The Morgan fingerprint density at radius 1 is 1.22 bits per heavy atom. The van der Waals surface area contributed by atoms with Crippen molar-refractivity contribution in [3.05, 3.63) is 0 Å². The molecule has 1 saturated heterocycles. The van der Waals surface area contributed by atoms with Crippen molar-refractivity contribution in [1.82, 2.24) is 16.0 Å². The third kappa shape index (κ3) is 6.15. The molecule has 23 heavy (non-hydrogen) atoms. The van der Waals surface area contributed by atoms with Crippen molar-refractivity contribution in [1.29, 1.82) is 0 Å². The van der Waals surface area contributed by atoms with E-state index < -0.39 is 30.1 Å². The van der Waals surface area contributed by atoms with Gasteiger partial charge in [0.05, 0.1) is 12.1 Å². The van der Waals surface area contributed by atoms with Gasteiger partial charge in [0.2, 0.25) is 11.8 Å².